The van der Waals surface area contributed by atoms with Crippen LogP contribution in [0.5, 0.6) is 0 Å². The molecule has 0 bridgehead atoms. The fourth-order valence-electron chi connectivity index (χ4n) is 1.17. The number of unbranched alkanes of at least 4 members (excludes halogenated alkanes) is 1. The Morgan fingerprint density at radius 3 is 2.46 bits per heavy atom. The van der Waals surface area contributed by atoms with Gasteiger partial charge in [-0.1, -0.05) is 0 Å². The van der Waals surface area contributed by atoms with Crippen LogP contribution in [0.1, 0.15) is 40.0 Å². The zero-order chi connectivity index (χ0) is 10.3. The third-order valence-electron chi connectivity index (χ3n) is 2.13. The molecular weight excluding hydrogens is 217 g/mol. The standard InChI is InChI=1S/C10H19O2.Zn/c1-5-7-8-10(3,4)9(11)12-6-2;/h1,5-8H2,2-4H3;. The van der Waals surface area contributed by atoms with Gasteiger partial charge in [-0.3, -0.25) is 0 Å². The first-order valence-corrected chi connectivity index (χ1v) is 7.11. The maximum absolute atomic E-state index is 11.4. The molecule has 0 N–H and O–H groups in total. The third kappa shape index (κ3) is 5.41. The molecule has 2 nitrogen and oxygen atoms in total. The molecule has 0 fully saturated rings. The van der Waals surface area contributed by atoms with E-state index < -0.39 is 0 Å². The van der Waals surface area contributed by atoms with Crippen LogP contribution < -0.4 is 0 Å². The van der Waals surface area contributed by atoms with Crippen molar-refractivity contribution in [2.45, 2.75) is 45.0 Å². The summed E-state index contributed by atoms with van der Waals surface area (Å²) in [5.41, 5.74) is -0.287. The van der Waals surface area contributed by atoms with Gasteiger partial charge in [0, 0.05) is 0 Å². The number of ether oxygens (including phenoxy) is 1. The van der Waals surface area contributed by atoms with Crippen molar-refractivity contribution >= 4 is 5.97 Å². The van der Waals surface area contributed by atoms with Gasteiger partial charge in [-0.25, -0.2) is 0 Å². The van der Waals surface area contributed by atoms with Crippen molar-refractivity contribution < 1.29 is 27.8 Å². The van der Waals surface area contributed by atoms with Crippen molar-refractivity contribution in [3.63, 3.8) is 0 Å². The second kappa shape index (κ2) is 6.53. The molecule has 0 aliphatic heterocycles. The molecule has 0 unspecified atom stereocenters. The monoisotopic (exact) mass is 235 g/mol. The Morgan fingerprint density at radius 2 is 2.00 bits per heavy atom. The average Bonchev–Trinajstić information content (AvgIpc) is 2.05. The zero-order valence-electron chi connectivity index (χ0n) is 9.06. The van der Waals surface area contributed by atoms with Gasteiger partial charge in [0.15, 0.2) is 0 Å². The van der Waals surface area contributed by atoms with E-state index in [4.69, 9.17) is 4.74 Å². The number of carbonyl (C=O) groups excluding carboxylic acids is 1. The molecule has 0 aromatic heterocycles. The quantitative estimate of drug-likeness (QED) is 0.403. The summed E-state index contributed by atoms with van der Waals surface area (Å²) >= 11 is 1.36. The van der Waals surface area contributed by atoms with Gasteiger partial charge in [0.1, 0.15) is 0 Å². The van der Waals surface area contributed by atoms with Crippen molar-refractivity contribution in [3.05, 3.63) is 0 Å². The van der Waals surface area contributed by atoms with Crippen LogP contribution in [0, 0.1) is 5.41 Å². The van der Waals surface area contributed by atoms with E-state index in [0.29, 0.717) is 6.61 Å². The van der Waals surface area contributed by atoms with Crippen molar-refractivity contribution in [1.29, 1.82) is 0 Å². The zero-order valence-corrected chi connectivity index (χ0v) is 12.0. The molecule has 0 atom stereocenters. The van der Waals surface area contributed by atoms with Crippen molar-refractivity contribution in [3.8, 4) is 0 Å². The minimum atomic E-state index is -0.287. The van der Waals surface area contributed by atoms with E-state index in [2.05, 4.69) is 0 Å². The molecule has 0 saturated heterocycles. The van der Waals surface area contributed by atoms with Gasteiger partial charge >= 0.3 is 90.9 Å². The van der Waals surface area contributed by atoms with Crippen LogP contribution in [0.2, 0.25) is 5.02 Å². The average molecular weight is 237 g/mol. The molecule has 0 amide bonds. The molecule has 0 aromatic rings. The van der Waals surface area contributed by atoms with Gasteiger partial charge in [-0.2, -0.15) is 0 Å². The summed E-state index contributed by atoms with van der Waals surface area (Å²) in [4.78, 5) is 11.4. The van der Waals surface area contributed by atoms with Gasteiger partial charge in [0.25, 0.3) is 0 Å². The summed E-state index contributed by atoms with van der Waals surface area (Å²) < 4.78 is 5.01. The Balaban J connectivity index is 3.83. The summed E-state index contributed by atoms with van der Waals surface area (Å²) in [6.45, 7) is 6.28. The van der Waals surface area contributed by atoms with Crippen molar-refractivity contribution in [2.24, 2.45) is 5.41 Å². The number of carbonyl (C=O) groups is 1. The van der Waals surface area contributed by atoms with E-state index in [1.807, 2.05) is 20.8 Å². The molecule has 0 aromatic carbocycles. The van der Waals surface area contributed by atoms with Crippen molar-refractivity contribution in [2.75, 3.05) is 6.61 Å². The third-order valence-corrected chi connectivity index (χ3v) is 3.18. The van der Waals surface area contributed by atoms with Crippen LogP contribution in [0.25, 0.3) is 0 Å². The molecule has 0 aliphatic carbocycles. The van der Waals surface area contributed by atoms with Crippen LogP contribution in [0.15, 0.2) is 0 Å². The Kier molecular flexibility index (Phi) is 6.58. The maximum atomic E-state index is 11.4. The topological polar surface area (TPSA) is 26.3 Å². The first-order valence-electron chi connectivity index (χ1n) is 5.01. The van der Waals surface area contributed by atoms with Crippen LogP contribution in [-0.4, -0.2) is 12.6 Å². The fourth-order valence-corrected chi connectivity index (χ4v) is 1.91. The Labute approximate surface area is 91.1 Å². The van der Waals surface area contributed by atoms with Crippen molar-refractivity contribution in [1.82, 2.24) is 0 Å². The molecule has 0 spiro atoms. The van der Waals surface area contributed by atoms with Gasteiger partial charge in [0.2, 0.25) is 0 Å². The number of esters is 1. The summed E-state index contributed by atoms with van der Waals surface area (Å²) in [6.07, 6.45) is 3.35. The molecule has 0 radical (unpaired) electrons. The number of rotatable bonds is 6. The Hall–Kier alpha value is 0.0934. The second-order valence-corrected chi connectivity index (χ2v) is 5.40. The molecule has 13 heavy (non-hydrogen) atoms. The van der Waals surface area contributed by atoms with E-state index in [1.165, 1.54) is 29.7 Å². The molecule has 73 valence electrons. The van der Waals surface area contributed by atoms with Crippen LogP contribution >= 0.6 is 0 Å². The van der Waals surface area contributed by atoms with Gasteiger partial charge in [-0.05, 0) is 0 Å². The van der Waals surface area contributed by atoms with Gasteiger partial charge in [-0.15, -0.1) is 0 Å². The van der Waals surface area contributed by atoms with Gasteiger partial charge < -0.3 is 0 Å². The van der Waals surface area contributed by atoms with E-state index in [-0.39, 0.29) is 11.4 Å². The van der Waals surface area contributed by atoms with Gasteiger partial charge in [0.05, 0.1) is 0 Å². The van der Waals surface area contributed by atoms with Crippen LogP contribution in [0.4, 0.5) is 0 Å². The summed E-state index contributed by atoms with van der Waals surface area (Å²) in [5, 5.41) is 1.32. The molecule has 0 saturated carbocycles. The summed E-state index contributed by atoms with van der Waals surface area (Å²) in [5.74, 6) is -0.0536. The van der Waals surface area contributed by atoms with Crippen LogP contribution in [-0.2, 0) is 27.8 Å². The number of hydrogen-bond acceptors (Lipinski definition) is 2. The minimum absolute atomic E-state index is 0.0536. The second-order valence-electron chi connectivity index (χ2n) is 3.92. The predicted molar refractivity (Wildman–Crippen MR) is 49.1 cm³/mol. The SMILES string of the molecule is CCOC(=O)C(C)(C)CCC[CH2][Zn]. The molecule has 3 heteroatoms. The van der Waals surface area contributed by atoms with E-state index in [9.17, 15) is 4.79 Å². The fraction of sp³-hybridized carbons (Fsp3) is 0.900. The first kappa shape index (κ1) is 13.1. The van der Waals surface area contributed by atoms with E-state index in [0.717, 1.165) is 12.8 Å². The molecule has 0 rings (SSSR count). The molecular formula is C10H19O2Zn. The first-order chi connectivity index (χ1) is 6.04. The van der Waals surface area contributed by atoms with E-state index in [1.54, 1.807) is 0 Å². The summed E-state index contributed by atoms with van der Waals surface area (Å²) in [7, 11) is 0. The predicted octanol–water partition coefficient (Wildman–Crippen LogP) is 2.71. The Bertz CT molecular complexity index is 155. The number of hydrogen-bond donors (Lipinski definition) is 0. The molecule has 0 heterocycles. The van der Waals surface area contributed by atoms with E-state index >= 15 is 0 Å². The van der Waals surface area contributed by atoms with Crippen LogP contribution in [0.3, 0.4) is 0 Å². The Morgan fingerprint density at radius 1 is 1.38 bits per heavy atom. The molecule has 0 aliphatic rings. The normalized spacial score (nSPS) is 11.5. The summed E-state index contributed by atoms with van der Waals surface area (Å²) in [6, 6.07) is 0.